The molecular formula is C18H26N2O4. The highest BCUT2D eigenvalue weighted by molar-refractivity contribution is 5.97. The van der Waals surface area contributed by atoms with Crippen LogP contribution in [0.25, 0.3) is 0 Å². The van der Waals surface area contributed by atoms with Gasteiger partial charge in [-0.2, -0.15) is 0 Å². The number of hydrogen-bond acceptors (Lipinski definition) is 4. The molecule has 2 rings (SSSR count). The van der Waals surface area contributed by atoms with Gasteiger partial charge >= 0.3 is 0 Å². The third kappa shape index (κ3) is 3.80. The second-order valence-electron chi connectivity index (χ2n) is 6.90. The molecule has 0 saturated carbocycles. The summed E-state index contributed by atoms with van der Waals surface area (Å²) in [4.78, 5) is 28.7. The van der Waals surface area contributed by atoms with Crippen LogP contribution in [0.15, 0.2) is 18.2 Å². The van der Waals surface area contributed by atoms with Crippen molar-refractivity contribution in [3.63, 3.8) is 0 Å². The molecule has 0 spiro atoms. The zero-order valence-corrected chi connectivity index (χ0v) is 15.1. The van der Waals surface area contributed by atoms with Gasteiger partial charge in [-0.15, -0.1) is 0 Å². The molecule has 6 nitrogen and oxygen atoms in total. The average Bonchev–Trinajstić information content (AvgIpc) is 2.59. The molecule has 1 heterocycles. The maximum Gasteiger partial charge on any atom is 0.257 e. The maximum absolute atomic E-state index is 12.8. The second kappa shape index (κ2) is 7.11. The van der Waals surface area contributed by atoms with E-state index in [2.05, 4.69) is 0 Å². The molecule has 0 radical (unpaired) electrons. The molecule has 0 bridgehead atoms. The third-order valence-corrected chi connectivity index (χ3v) is 4.13. The highest BCUT2D eigenvalue weighted by Crippen LogP contribution is 2.26. The number of nitrogens with zero attached hydrogens (tertiary/aromatic N) is 2. The summed E-state index contributed by atoms with van der Waals surface area (Å²) in [6, 6.07) is 5.18. The number of hydrogen-bond donors (Lipinski definition) is 0. The van der Waals surface area contributed by atoms with E-state index in [4.69, 9.17) is 9.47 Å². The molecule has 0 atom stereocenters. The van der Waals surface area contributed by atoms with Gasteiger partial charge in [-0.05, 0) is 18.2 Å². The van der Waals surface area contributed by atoms with Crippen molar-refractivity contribution in [3.05, 3.63) is 23.8 Å². The lowest BCUT2D eigenvalue weighted by Crippen LogP contribution is -2.53. The van der Waals surface area contributed by atoms with Crippen LogP contribution in [-0.4, -0.2) is 62.0 Å². The number of amides is 2. The van der Waals surface area contributed by atoms with Crippen molar-refractivity contribution in [1.29, 1.82) is 0 Å². The van der Waals surface area contributed by atoms with Crippen molar-refractivity contribution < 1.29 is 19.1 Å². The van der Waals surface area contributed by atoms with Gasteiger partial charge in [-0.3, -0.25) is 9.59 Å². The van der Waals surface area contributed by atoms with Gasteiger partial charge < -0.3 is 19.3 Å². The van der Waals surface area contributed by atoms with Gasteiger partial charge in [0.05, 0.1) is 19.8 Å². The van der Waals surface area contributed by atoms with Crippen molar-refractivity contribution in [1.82, 2.24) is 9.80 Å². The molecular weight excluding hydrogens is 308 g/mol. The summed E-state index contributed by atoms with van der Waals surface area (Å²) >= 11 is 0. The number of ether oxygens (including phenoxy) is 2. The number of methoxy groups -OCH3 is 2. The Balaban J connectivity index is 2.09. The van der Waals surface area contributed by atoms with Gasteiger partial charge in [0.1, 0.15) is 11.5 Å². The Morgan fingerprint density at radius 2 is 1.54 bits per heavy atom. The van der Waals surface area contributed by atoms with Crippen LogP contribution in [0.5, 0.6) is 11.5 Å². The molecule has 1 saturated heterocycles. The van der Waals surface area contributed by atoms with E-state index in [9.17, 15) is 9.59 Å². The van der Waals surface area contributed by atoms with E-state index in [-0.39, 0.29) is 11.8 Å². The Kier molecular flexibility index (Phi) is 5.36. The highest BCUT2D eigenvalue weighted by atomic mass is 16.5. The van der Waals surface area contributed by atoms with E-state index in [1.54, 1.807) is 37.3 Å². The van der Waals surface area contributed by atoms with Crippen molar-refractivity contribution in [2.24, 2.45) is 5.41 Å². The topological polar surface area (TPSA) is 59.1 Å². The number of benzene rings is 1. The Morgan fingerprint density at radius 1 is 0.958 bits per heavy atom. The minimum absolute atomic E-state index is 0.103. The van der Waals surface area contributed by atoms with E-state index < -0.39 is 5.41 Å². The summed E-state index contributed by atoms with van der Waals surface area (Å²) in [5.74, 6) is 1.15. The zero-order valence-electron chi connectivity index (χ0n) is 15.1. The third-order valence-electron chi connectivity index (χ3n) is 4.13. The lowest BCUT2D eigenvalue weighted by Gasteiger charge is -2.37. The molecule has 0 aromatic heterocycles. The van der Waals surface area contributed by atoms with Crippen LogP contribution < -0.4 is 9.47 Å². The van der Waals surface area contributed by atoms with Crippen LogP contribution in [0.2, 0.25) is 0 Å². The van der Waals surface area contributed by atoms with Gasteiger partial charge in [0.25, 0.3) is 5.91 Å². The SMILES string of the molecule is COc1ccc(OC)c(C(=O)N2CCN(C(=O)C(C)(C)C)CC2)c1. The smallest absolute Gasteiger partial charge is 0.257 e. The number of piperazine rings is 1. The highest BCUT2D eigenvalue weighted by Gasteiger charge is 2.31. The lowest BCUT2D eigenvalue weighted by molar-refractivity contribution is -0.140. The van der Waals surface area contributed by atoms with E-state index in [0.717, 1.165) is 0 Å². The summed E-state index contributed by atoms with van der Waals surface area (Å²) < 4.78 is 10.5. The first kappa shape index (κ1) is 18.1. The molecule has 6 heteroatoms. The Hall–Kier alpha value is -2.24. The van der Waals surface area contributed by atoms with E-state index >= 15 is 0 Å². The summed E-state index contributed by atoms with van der Waals surface area (Å²) in [5, 5.41) is 0. The minimum atomic E-state index is -0.401. The molecule has 1 aromatic carbocycles. The van der Waals surface area contributed by atoms with E-state index in [1.807, 2.05) is 25.7 Å². The first-order valence-corrected chi connectivity index (χ1v) is 8.08. The molecule has 1 aliphatic heterocycles. The monoisotopic (exact) mass is 334 g/mol. The molecule has 1 aliphatic rings. The van der Waals surface area contributed by atoms with Crippen LogP contribution >= 0.6 is 0 Å². The fourth-order valence-corrected chi connectivity index (χ4v) is 2.74. The molecule has 24 heavy (non-hydrogen) atoms. The van der Waals surface area contributed by atoms with E-state index in [0.29, 0.717) is 43.2 Å². The Morgan fingerprint density at radius 3 is 2.04 bits per heavy atom. The normalized spacial score (nSPS) is 15.2. The summed E-state index contributed by atoms with van der Waals surface area (Å²) in [6.07, 6.45) is 0. The first-order valence-electron chi connectivity index (χ1n) is 8.08. The van der Waals surface area contributed by atoms with Crippen molar-refractivity contribution in [2.75, 3.05) is 40.4 Å². The van der Waals surface area contributed by atoms with Crippen LogP contribution in [-0.2, 0) is 4.79 Å². The number of rotatable bonds is 3. The Bertz CT molecular complexity index is 614. The fourth-order valence-electron chi connectivity index (χ4n) is 2.74. The fraction of sp³-hybridized carbons (Fsp3) is 0.556. The lowest BCUT2D eigenvalue weighted by atomic mass is 9.94. The predicted octanol–water partition coefficient (Wildman–Crippen LogP) is 2.03. The second-order valence-corrected chi connectivity index (χ2v) is 6.90. The van der Waals surface area contributed by atoms with Gasteiger partial charge in [0, 0.05) is 31.6 Å². The summed E-state index contributed by atoms with van der Waals surface area (Å²) in [6.45, 7) is 7.86. The molecule has 2 amide bonds. The molecule has 1 fully saturated rings. The largest absolute Gasteiger partial charge is 0.497 e. The molecule has 0 aliphatic carbocycles. The number of carbonyl (C=O) groups excluding carboxylic acids is 2. The van der Waals surface area contributed by atoms with Crippen LogP contribution in [0.1, 0.15) is 31.1 Å². The van der Waals surface area contributed by atoms with Gasteiger partial charge in [0.2, 0.25) is 5.91 Å². The van der Waals surface area contributed by atoms with Gasteiger partial charge in [-0.1, -0.05) is 20.8 Å². The van der Waals surface area contributed by atoms with Gasteiger partial charge in [-0.25, -0.2) is 0 Å². The van der Waals surface area contributed by atoms with Gasteiger partial charge in [0.15, 0.2) is 0 Å². The number of carbonyl (C=O) groups is 2. The minimum Gasteiger partial charge on any atom is -0.497 e. The standard InChI is InChI=1S/C18H26N2O4/c1-18(2,3)17(22)20-10-8-19(9-11-20)16(21)14-12-13(23-4)6-7-15(14)24-5/h6-7,12H,8-11H2,1-5H3. The molecule has 0 unspecified atom stereocenters. The first-order chi connectivity index (χ1) is 11.3. The van der Waals surface area contributed by atoms with E-state index in [1.165, 1.54) is 0 Å². The Labute approximate surface area is 143 Å². The predicted molar refractivity (Wildman–Crippen MR) is 91.5 cm³/mol. The van der Waals surface area contributed by atoms with Crippen LogP contribution in [0.4, 0.5) is 0 Å². The van der Waals surface area contributed by atoms with Crippen molar-refractivity contribution in [2.45, 2.75) is 20.8 Å². The van der Waals surface area contributed by atoms with Crippen molar-refractivity contribution in [3.8, 4) is 11.5 Å². The van der Waals surface area contributed by atoms with Crippen LogP contribution in [0.3, 0.4) is 0 Å². The maximum atomic E-state index is 12.8. The van der Waals surface area contributed by atoms with Crippen LogP contribution in [0, 0.1) is 5.41 Å². The molecule has 1 aromatic rings. The molecule has 0 N–H and O–H groups in total. The summed E-state index contributed by atoms with van der Waals surface area (Å²) in [5.41, 5.74) is 0.0785. The van der Waals surface area contributed by atoms with Crippen molar-refractivity contribution >= 4 is 11.8 Å². The molecule has 132 valence electrons. The zero-order chi connectivity index (χ0) is 17.9. The quantitative estimate of drug-likeness (QED) is 0.849. The average molecular weight is 334 g/mol. The summed E-state index contributed by atoms with van der Waals surface area (Å²) in [7, 11) is 3.10.